The lowest BCUT2D eigenvalue weighted by atomic mass is 9.99. The van der Waals surface area contributed by atoms with Gasteiger partial charge < -0.3 is 14.8 Å². The van der Waals surface area contributed by atoms with Crippen LogP contribution >= 0.6 is 0 Å². The number of aromatic carboxylic acids is 1. The topological polar surface area (TPSA) is 92.4 Å². The molecule has 0 aliphatic carbocycles. The Labute approximate surface area is 183 Å². The molecule has 7 heteroatoms. The molecule has 2 aromatic heterocycles. The van der Waals surface area contributed by atoms with E-state index in [2.05, 4.69) is 10.3 Å². The fraction of sp³-hybridized carbons (Fsp3) is 0.160. The van der Waals surface area contributed by atoms with Crippen molar-refractivity contribution in [1.82, 2.24) is 4.98 Å². The fourth-order valence-corrected chi connectivity index (χ4v) is 3.81. The van der Waals surface area contributed by atoms with Crippen LogP contribution in [0.2, 0.25) is 0 Å². The van der Waals surface area contributed by atoms with Crippen molar-refractivity contribution in [1.29, 1.82) is 0 Å². The number of nitrogens with one attached hydrogen (secondary N) is 1. The third-order valence-electron chi connectivity index (χ3n) is 5.35. The van der Waals surface area contributed by atoms with Crippen LogP contribution in [0, 0.1) is 19.7 Å². The van der Waals surface area contributed by atoms with Gasteiger partial charge >= 0.3 is 5.97 Å². The summed E-state index contributed by atoms with van der Waals surface area (Å²) in [6, 6.07) is 11.1. The smallest absolute Gasteiger partial charge is 0.337 e. The van der Waals surface area contributed by atoms with Crippen molar-refractivity contribution >= 4 is 22.6 Å². The number of hydrogen-bond donors (Lipinski definition) is 2. The van der Waals surface area contributed by atoms with Crippen LogP contribution in [0.5, 0.6) is 0 Å². The lowest BCUT2D eigenvalue weighted by molar-refractivity contribution is 0.0698. The number of fused-ring (bicyclic) bond motifs is 1. The standard InChI is InChI=1S/C25H21FN2O4/c1-13-8-19(15(3)28-21-7-5-4-6-18(21)25(30)31)24-20(9-13)22(29)14(2)23(32-24)16-10-17(26)12-27-11-16/h4-12,15,28H,1-3H3,(H,30,31). The maximum absolute atomic E-state index is 13.8. The molecule has 0 radical (unpaired) electrons. The second-order valence-electron chi connectivity index (χ2n) is 7.72. The lowest BCUT2D eigenvalue weighted by Gasteiger charge is -2.20. The molecule has 0 aliphatic heterocycles. The molecule has 0 fully saturated rings. The van der Waals surface area contributed by atoms with Gasteiger partial charge in [-0.3, -0.25) is 9.78 Å². The van der Waals surface area contributed by atoms with Crippen molar-refractivity contribution in [3.8, 4) is 11.3 Å². The first-order valence-electron chi connectivity index (χ1n) is 10.0. The van der Waals surface area contributed by atoms with Gasteiger partial charge in [-0.25, -0.2) is 9.18 Å². The Morgan fingerprint density at radius 3 is 2.62 bits per heavy atom. The SMILES string of the molecule is Cc1cc(C(C)Nc2ccccc2C(=O)O)c2oc(-c3cncc(F)c3)c(C)c(=O)c2c1. The van der Waals surface area contributed by atoms with Gasteiger partial charge in [0, 0.05) is 28.6 Å². The minimum absolute atomic E-state index is 0.139. The molecule has 6 nitrogen and oxygen atoms in total. The molecule has 0 aliphatic rings. The molecule has 0 saturated heterocycles. The number of aryl methyl sites for hydroxylation is 1. The summed E-state index contributed by atoms with van der Waals surface area (Å²) in [6.45, 7) is 5.37. The molecular formula is C25H21FN2O4. The second-order valence-corrected chi connectivity index (χ2v) is 7.72. The number of halogens is 1. The molecule has 162 valence electrons. The van der Waals surface area contributed by atoms with E-state index in [1.807, 2.05) is 19.9 Å². The lowest BCUT2D eigenvalue weighted by Crippen LogP contribution is -2.14. The van der Waals surface area contributed by atoms with Crippen LogP contribution in [0.4, 0.5) is 10.1 Å². The molecule has 1 unspecified atom stereocenters. The number of rotatable bonds is 5. The molecule has 0 amide bonds. The maximum atomic E-state index is 13.8. The number of carboxylic acid groups (broad SMARTS) is 1. The minimum atomic E-state index is -1.04. The first-order chi connectivity index (χ1) is 15.3. The summed E-state index contributed by atoms with van der Waals surface area (Å²) in [4.78, 5) is 28.6. The number of hydrogen-bond acceptors (Lipinski definition) is 5. The van der Waals surface area contributed by atoms with Crippen LogP contribution in [0.15, 0.2) is 64.1 Å². The third-order valence-corrected chi connectivity index (χ3v) is 5.35. The molecule has 4 rings (SSSR count). The summed E-state index contributed by atoms with van der Waals surface area (Å²) in [6.07, 6.45) is 2.53. The molecule has 2 aromatic carbocycles. The van der Waals surface area contributed by atoms with Crippen LogP contribution in [0.1, 0.15) is 40.0 Å². The summed E-state index contributed by atoms with van der Waals surface area (Å²) in [5, 5.41) is 13.1. The second kappa shape index (κ2) is 8.26. The highest BCUT2D eigenvalue weighted by Crippen LogP contribution is 2.32. The molecule has 4 aromatic rings. The number of nitrogens with zero attached hydrogens (tertiary/aromatic N) is 1. The van der Waals surface area contributed by atoms with Gasteiger partial charge in [0.15, 0.2) is 5.43 Å². The Balaban J connectivity index is 1.90. The van der Waals surface area contributed by atoms with Crippen molar-refractivity contribution in [2.75, 3.05) is 5.32 Å². The Morgan fingerprint density at radius 1 is 1.16 bits per heavy atom. The Hall–Kier alpha value is -4.00. The highest BCUT2D eigenvalue weighted by atomic mass is 19.1. The average molecular weight is 432 g/mol. The van der Waals surface area contributed by atoms with Crippen molar-refractivity contribution in [2.45, 2.75) is 26.8 Å². The Bertz CT molecular complexity index is 1410. The van der Waals surface area contributed by atoms with E-state index in [0.717, 1.165) is 11.8 Å². The van der Waals surface area contributed by atoms with Gasteiger partial charge in [-0.15, -0.1) is 0 Å². The molecule has 0 spiro atoms. The molecule has 1 atom stereocenters. The number of para-hydroxylation sites is 1. The van der Waals surface area contributed by atoms with Crippen LogP contribution in [0.25, 0.3) is 22.3 Å². The number of anilines is 1. The number of carbonyl (C=O) groups is 1. The largest absolute Gasteiger partial charge is 0.478 e. The van der Waals surface area contributed by atoms with E-state index in [1.165, 1.54) is 18.3 Å². The highest BCUT2D eigenvalue weighted by Gasteiger charge is 2.20. The third kappa shape index (κ3) is 3.85. The predicted molar refractivity (Wildman–Crippen MR) is 121 cm³/mol. The zero-order chi connectivity index (χ0) is 23.0. The Morgan fingerprint density at radius 2 is 1.91 bits per heavy atom. The summed E-state index contributed by atoms with van der Waals surface area (Å²) >= 11 is 0. The number of aromatic nitrogens is 1. The summed E-state index contributed by atoms with van der Waals surface area (Å²) in [7, 11) is 0. The van der Waals surface area contributed by atoms with Crippen molar-refractivity contribution < 1.29 is 18.7 Å². The van der Waals surface area contributed by atoms with Gasteiger partial charge in [0.05, 0.1) is 23.2 Å². The van der Waals surface area contributed by atoms with Gasteiger partial charge in [0.1, 0.15) is 17.2 Å². The number of benzene rings is 2. The minimum Gasteiger partial charge on any atom is -0.478 e. The maximum Gasteiger partial charge on any atom is 0.337 e. The van der Waals surface area contributed by atoms with E-state index < -0.39 is 11.8 Å². The van der Waals surface area contributed by atoms with Crippen LogP contribution < -0.4 is 10.7 Å². The molecular weight excluding hydrogens is 411 g/mol. The number of carboxylic acids is 1. The first-order valence-corrected chi connectivity index (χ1v) is 10.0. The normalized spacial score (nSPS) is 12.0. The van der Waals surface area contributed by atoms with E-state index in [1.54, 1.807) is 31.2 Å². The van der Waals surface area contributed by atoms with Crippen LogP contribution in [-0.2, 0) is 0 Å². The van der Waals surface area contributed by atoms with Crippen molar-refractivity contribution in [3.05, 3.63) is 93.2 Å². The van der Waals surface area contributed by atoms with E-state index in [0.29, 0.717) is 33.3 Å². The first kappa shape index (κ1) is 21.2. The van der Waals surface area contributed by atoms with Gasteiger partial charge in [-0.05, 0) is 50.6 Å². The van der Waals surface area contributed by atoms with Crippen molar-refractivity contribution in [3.63, 3.8) is 0 Å². The molecule has 2 heterocycles. The molecule has 0 saturated carbocycles. The summed E-state index contributed by atoms with van der Waals surface area (Å²) in [5.41, 5.74) is 3.00. The zero-order valence-electron chi connectivity index (χ0n) is 17.8. The predicted octanol–water partition coefficient (Wildman–Crippen LogP) is 5.48. The van der Waals surface area contributed by atoms with Crippen LogP contribution in [0.3, 0.4) is 0 Å². The van der Waals surface area contributed by atoms with E-state index >= 15 is 0 Å². The van der Waals surface area contributed by atoms with E-state index in [4.69, 9.17) is 4.42 Å². The molecule has 32 heavy (non-hydrogen) atoms. The number of pyridine rings is 1. The summed E-state index contributed by atoms with van der Waals surface area (Å²) < 4.78 is 19.9. The molecule has 2 N–H and O–H groups in total. The van der Waals surface area contributed by atoms with E-state index in [-0.39, 0.29) is 22.8 Å². The van der Waals surface area contributed by atoms with Gasteiger partial charge in [0.2, 0.25) is 0 Å². The Kier molecular flexibility index (Phi) is 5.48. The monoisotopic (exact) mass is 432 g/mol. The van der Waals surface area contributed by atoms with Crippen molar-refractivity contribution in [2.24, 2.45) is 0 Å². The van der Waals surface area contributed by atoms with E-state index in [9.17, 15) is 19.1 Å². The van der Waals surface area contributed by atoms with Gasteiger partial charge in [-0.1, -0.05) is 18.2 Å². The quantitative estimate of drug-likeness (QED) is 0.434. The fourth-order valence-electron chi connectivity index (χ4n) is 3.81. The molecule has 0 bridgehead atoms. The zero-order valence-corrected chi connectivity index (χ0v) is 17.8. The highest BCUT2D eigenvalue weighted by molar-refractivity contribution is 5.94. The van der Waals surface area contributed by atoms with Gasteiger partial charge in [0.25, 0.3) is 0 Å². The van der Waals surface area contributed by atoms with Gasteiger partial charge in [-0.2, -0.15) is 0 Å². The summed E-state index contributed by atoms with van der Waals surface area (Å²) in [5.74, 6) is -1.33. The average Bonchev–Trinajstić information content (AvgIpc) is 2.76. The van der Waals surface area contributed by atoms with Crippen LogP contribution in [-0.4, -0.2) is 16.1 Å².